The Kier molecular flexibility index (Phi) is 4.57. The molecule has 100 valence electrons. The SMILES string of the molecule is CC#CC(NC(=O)c1ccc(C)cc1)c1ccccc1. The molecular weight excluding hydrogens is 246 g/mol. The summed E-state index contributed by atoms with van der Waals surface area (Å²) in [5.41, 5.74) is 2.77. The van der Waals surface area contributed by atoms with Crippen LogP contribution in [0, 0.1) is 18.8 Å². The molecule has 1 N–H and O–H groups in total. The number of carbonyl (C=O) groups is 1. The summed E-state index contributed by atoms with van der Waals surface area (Å²) in [6.07, 6.45) is 0. The number of amides is 1. The number of rotatable bonds is 3. The molecular formula is C18H17NO. The molecule has 0 heterocycles. The van der Waals surface area contributed by atoms with Crippen LogP contribution in [-0.4, -0.2) is 5.91 Å². The van der Waals surface area contributed by atoms with Crippen LogP contribution in [0.15, 0.2) is 54.6 Å². The van der Waals surface area contributed by atoms with Gasteiger partial charge in [0.15, 0.2) is 0 Å². The van der Waals surface area contributed by atoms with Gasteiger partial charge in [-0.1, -0.05) is 53.9 Å². The summed E-state index contributed by atoms with van der Waals surface area (Å²) in [6.45, 7) is 3.77. The minimum absolute atomic E-state index is 0.110. The van der Waals surface area contributed by atoms with Gasteiger partial charge in [0.05, 0.1) is 0 Å². The van der Waals surface area contributed by atoms with Crippen LogP contribution in [0.25, 0.3) is 0 Å². The van der Waals surface area contributed by atoms with Crippen molar-refractivity contribution in [3.8, 4) is 11.8 Å². The predicted octanol–water partition coefficient (Wildman–Crippen LogP) is 3.49. The Balaban J connectivity index is 2.18. The van der Waals surface area contributed by atoms with Gasteiger partial charge >= 0.3 is 0 Å². The molecule has 0 radical (unpaired) electrons. The van der Waals surface area contributed by atoms with E-state index in [2.05, 4.69) is 17.2 Å². The lowest BCUT2D eigenvalue weighted by Crippen LogP contribution is -2.27. The number of nitrogens with one attached hydrogen (secondary N) is 1. The van der Waals surface area contributed by atoms with Gasteiger partial charge in [0, 0.05) is 5.56 Å². The van der Waals surface area contributed by atoms with E-state index in [0.29, 0.717) is 5.56 Å². The third-order valence-corrected chi connectivity index (χ3v) is 3.01. The van der Waals surface area contributed by atoms with Gasteiger partial charge < -0.3 is 5.32 Å². The number of aryl methyl sites for hydroxylation is 1. The Morgan fingerprint density at radius 1 is 1.05 bits per heavy atom. The molecule has 2 nitrogen and oxygen atoms in total. The molecule has 0 aliphatic rings. The minimum atomic E-state index is -0.282. The van der Waals surface area contributed by atoms with E-state index in [1.54, 1.807) is 6.92 Å². The second kappa shape index (κ2) is 6.58. The molecule has 0 saturated carbocycles. The zero-order valence-electron chi connectivity index (χ0n) is 11.7. The van der Waals surface area contributed by atoms with Crippen molar-refractivity contribution < 1.29 is 4.79 Å². The van der Waals surface area contributed by atoms with Crippen LogP contribution in [0.5, 0.6) is 0 Å². The van der Waals surface area contributed by atoms with E-state index < -0.39 is 0 Å². The second-order valence-corrected chi connectivity index (χ2v) is 4.58. The number of hydrogen-bond donors (Lipinski definition) is 1. The summed E-state index contributed by atoms with van der Waals surface area (Å²) in [7, 11) is 0. The van der Waals surface area contributed by atoms with Gasteiger partial charge in [0.2, 0.25) is 0 Å². The molecule has 2 rings (SSSR count). The van der Waals surface area contributed by atoms with Crippen molar-refractivity contribution in [3.05, 3.63) is 71.3 Å². The molecule has 0 aromatic heterocycles. The fourth-order valence-electron chi connectivity index (χ4n) is 1.91. The fraction of sp³-hybridized carbons (Fsp3) is 0.167. The molecule has 0 aliphatic heterocycles. The molecule has 0 fully saturated rings. The Morgan fingerprint density at radius 2 is 1.70 bits per heavy atom. The van der Waals surface area contributed by atoms with E-state index in [0.717, 1.165) is 11.1 Å². The molecule has 2 heteroatoms. The Hall–Kier alpha value is -2.53. The van der Waals surface area contributed by atoms with E-state index in [1.807, 2.05) is 61.5 Å². The Labute approximate surface area is 119 Å². The highest BCUT2D eigenvalue weighted by Crippen LogP contribution is 2.13. The number of hydrogen-bond acceptors (Lipinski definition) is 1. The van der Waals surface area contributed by atoms with Gasteiger partial charge in [-0.15, -0.1) is 5.92 Å². The first kappa shape index (κ1) is 13.9. The third-order valence-electron chi connectivity index (χ3n) is 3.01. The van der Waals surface area contributed by atoms with Crippen molar-refractivity contribution in [2.45, 2.75) is 19.9 Å². The first-order valence-electron chi connectivity index (χ1n) is 6.55. The summed E-state index contributed by atoms with van der Waals surface area (Å²) in [6, 6.07) is 17.0. The molecule has 2 aromatic carbocycles. The monoisotopic (exact) mass is 263 g/mol. The summed E-state index contributed by atoms with van der Waals surface area (Å²) in [5, 5.41) is 2.96. The zero-order chi connectivity index (χ0) is 14.4. The van der Waals surface area contributed by atoms with Gasteiger partial charge in [-0.2, -0.15) is 0 Å². The van der Waals surface area contributed by atoms with Crippen LogP contribution in [0.2, 0.25) is 0 Å². The number of carbonyl (C=O) groups excluding carboxylic acids is 1. The third kappa shape index (κ3) is 3.49. The van der Waals surface area contributed by atoms with E-state index in [1.165, 1.54) is 0 Å². The average molecular weight is 263 g/mol. The van der Waals surface area contributed by atoms with Crippen molar-refractivity contribution in [2.24, 2.45) is 0 Å². The van der Waals surface area contributed by atoms with E-state index in [4.69, 9.17) is 0 Å². The largest absolute Gasteiger partial charge is 0.334 e. The van der Waals surface area contributed by atoms with Crippen molar-refractivity contribution in [3.63, 3.8) is 0 Å². The van der Waals surface area contributed by atoms with Gasteiger partial charge in [-0.25, -0.2) is 0 Å². The van der Waals surface area contributed by atoms with Crippen molar-refractivity contribution in [1.29, 1.82) is 0 Å². The van der Waals surface area contributed by atoms with Crippen molar-refractivity contribution in [2.75, 3.05) is 0 Å². The highest BCUT2D eigenvalue weighted by atomic mass is 16.1. The molecule has 20 heavy (non-hydrogen) atoms. The van der Waals surface area contributed by atoms with E-state index >= 15 is 0 Å². The van der Waals surface area contributed by atoms with Crippen LogP contribution in [0.3, 0.4) is 0 Å². The molecule has 0 saturated heterocycles. The lowest BCUT2D eigenvalue weighted by molar-refractivity contribution is 0.0945. The van der Waals surface area contributed by atoms with E-state index in [9.17, 15) is 4.79 Å². The second-order valence-electron chi connectivity index (χ2n) is 4.58. The summed E-state index contributed by atoms with van der Waals surface area (Å²) in [5.74, 6) is 5.79. The maximum Gasteiger partial charge on any atom is 0.252 e. The lowest BCUT2D eigenvalue weighted by atomic mass is 10.1. The highest BCUT2D eigenvalue weighted by molar-refractivity contribution is 5.94. The highest BCUT2D eigenvalue weighted by Gasteiger charge is 2.12. The zero-order valence-corrected chi connectivity index (χ0v) is 11.7. The van der Waals surface area contributed by atoms with Crippen LogP contribution in [0.4, 0.5) is 0 Å². The maximum atomic E-state index is 12.2. The quantitative estimate of drug-likeness (QED) is 0.844. The first-order chi connectivity index (χ1) is 9.70. The van der Waals surface area contributed by atoms with Gasteiger partial charge in [0.1, 0.15) is 6.04 Å². The molecule has 1 amide bonds. The summed E-state index contributed by atoms with van der Waals surface area (Å²) < 4.78 is 0. The van der Waals surface area contributed by atoms with Gasteiger partial charge in [-0.05, 0) is 31.5 Å². The van der Waals surface area contributed by atoms with Crippen LogP contribution < -0.4 is 5.32 Å². The number of benzene rings is 2. The Morgan fingerprint density at radius 3 is 2.30 bits per heavy atom. The van der Waals surface area contributed by atoms with Crippen LogP contribution >= 0.6 is 0 Å². The molecule has 0 spiro atoms. The smallest absolute Gasteiger partial charge is 0.252 e. The summed E-state index contributed by atoms with van der Waals surface area (Å²) in [4.78, 5) is 12.2. The normalized spacial score (nSPS) is 11.1. The molecule has 1 atom stereocenters. The van der Waals surface area contributed by atoms with E-state index in [-0.39, 0.29) is 11.9 Å². The maximum absolute atomic E-state index is 12.2. The predicted molar refractivity (Wildman–Crippen MR) is 81.3 cm³/mol. The standard InChI is InChI=1S/C18H17NO/c1-3-7-17(15-8-5-4-6-9-15)19-18(20)16-12-10-14(2)11-13-16/h4-6,8-13,17H,1-2H3,(H,19,20). The van der Waals surface area contributed by atoms with Crippen molar-refractivity contribution >= 4 is 5.91 Å². The van der Waals surface area contributed by atoms with Gasteiger partial charge in [-0.3, -0.25) is 4.79 Å². The molecule has 0 aliphatic carbocycles. The van der Waals surface area contributed by atoms with Crippen LogP contribution in [0.1, 0.15) is 34.5 Å². The van der Waals surface area contributed by atoms with Crippen LogP contribution in [-0.2, 0) is 0 Å². The first-order valence-corrected chi connectivity index (χ1v) is 6.55. The topological polar surface area (TPSA) is 29.1 Å². The molecule has 2 aromatic rings. The summed E-state index contributed by atoms with van der Waals surface area (Å²) >= 11 is 0. The van der Waals surface area contributed by atoms with Gasteiger partial charge in [0.25, 0.3) is 5.91 Å². The lowest BCUT2D eigenvalue weighted by Gasteiger charge is -2.13. The molecule has 1 unspecified atom stereocenters. The molecule has 0 bridgehead atoms. The average Bonchev–Trinajstić information content (AvgIpc) is 2.48. The Bertz CT molecular complexity index is 633. The fourth-order valence-corrected chi connectivity index (χ4v) is 1.91. The van der Waals surface area contributed by atoms with Crippen molar-refractivity contribution in [1.82, 2.24) is 5.32 Å². The minimum Gasteiger partial charge on any atom is -0.334 e.